The van der Waals surface area contributed by atoms with Gasteiger partial charge in [0.25, 0.3) is 5.56 Å². The molecule has 1 aromatic heterocycles. The van der Waals surface area contributed by atoms with Gasteiger partial charge in [-0.2, -0.15) is 0 Å². The summed E-state index contributed by atoms with van der Waals surface area (Å²) in [5.74, 6) is -0.0995. The number of aryl methyl sites for hydroxylation is 2. The van der Waals surface area contributed by atoms with Crippen LogP contribution in [0.4, 0.5) is 0 Å². The molecule has 0 aliphatic carbocycles. The minimum absolute atomic E-state index is 0.0995. The van der Waals surface area contributed by atoms with Crippen LogP contribution in [0.1, 0.15) is 12.1 Å². The van der Waals surface area contributed by atoms with E-state index in [2.05, 4.69) is 10.3 Å². The maximum absolute atomic E-state index is 12.2. The SMILES string of the molecule is COCCNC(=O)CCn1c(=O)c(C)nc2ccccc21. The lowest BCUT2D eigenvalue weighted by molar-refractivity contribution is -0.121. The van der Waals surface area contributed by atoms with Crippen LogP contribution in [0.25, 0.3) is 11.0 Å². The summed E-state index contributed by atoms with van der Waals surface area (Å²) in [5, 5.41) is 2.74. The summed E-state index contributed by atoms with van der Waals surface area (Å²) in [6, 6.07) is 7.43. The van der Waals surface area contributed by atoms with Gasteiger partial charge in [0.2, 0.25) is 5.91 Å². The lowest BCUT2D eigenvalue weighted by atomic mass is 10.2. The third-order valence-electron chi connectivity index (χ3n) is 3.21. The summed E-state index contributed by atoms with van der Waals surface area (Å²) in [5.41, 5.74) is 1.79. The van der Waals surface area contributed by atoms with Gasteiger partial charge >= 0.3 is 0 Å². The number of hydrogen-bond acceptors (Lipinski definition) is 4. The Balaban J connectivity index is 2.16. The fourth-order valence-corrected chi connectivity index (χ4v) is 2.14. The minimum atomic E-state index is -0.154. The van der Waals surface area contributed by atoms with Gasteiger partial charge < -0.3 is 14.6 Å². The van der Waals surface area contributed by atoms with Crippen LogP contribution in [0.5, 0.6) is 0 Å². The highest BCUT2D eigenvalue weighted by molar-refractivity contribution is 5.77. The molecule has 6 nitrogen and oxygen atoms in total. The smallest absolute Gasteiger partial charge is 0.272 e. The van der Waals surface area contributed by atoms with Crippen molar-refractivity contribution in [1.82, 2.24) is 14.9 Å². The molecule has 1 aromatic carbocycles. The van der Waals surface area contributed by atoms with E-state index >= 15 is 0 Å². The highest BCUT2D eigenvalue weighted by atomic mass is 16.5. The first-order valence-electron chi connectivity index (χ1n) is 6.85. The fraction of sp³-hybridized carbons (Fsp3) is 0.400. The number of nitrogens with zero attached hydrogens (tertiary/aromatic N) is 2. The first-order chi connectivity index (χ1) is 10.1. The molecule has 0 aliphatic heterocycles. The molecule has 2 rings (SSSR count). The Morgan fingerprint density at radius 1 is 1.38 bits per heavy atom. The zero-order valence-electron chi connectivity index (χ0n) is 12.3. The number of ether oxygens (including phenoxy) is 1. The molecule has 21 heavy (non-hydrogen) atoms. The van der Waals surface area contributed by atoms with Gasteiger partial charge in [0.05, 0.1) is 17.6 Å². The molecule has 0 spiro atoms. The molecule has 1 heterocycles. The molecule has 1 N–H and O–H groups in total. The first-order valence-corrected chi connectivity index (χ1v) is 6.85. The van der Waals surface area contributed by atoms with Crippen molar-refractivity contribution >= 4 is 16.9 Å². The predicted molar refractivity (Wildman–Crippen MR) is 80.2 cm³/mol. The van der Waals surface area contributed by atoms with E-state index in [1.807, 2.05) is 24.3 Å². The van der Waals surface area contributed by atoms with Crippen LogP contribution in [0, 0.1) is 6.92 Å². The van der Waals surface area contributed by atoms with Gasteiger partial charge in [0, 0.05) is 26.6 Å². The zero-order valence-corrected chi connectivity index (χ0v) is 12.3. The van der Waals surface area contributed by atoms with E-state index in [0.29, 0.717) is 25.4 Å². The standard InChI is InChI=1S/C15H19N3O3/c1-11-15(20)18(9-7-14(19)16-8-10-21-2)13-6-4-3-5-12(13)17-11/h3-6H,7-10H2,1-2H3,(H,16,19). The number of benzene rings is 1. The molecule has 6 heteroatoms. The molecule has 1 amide bonds. The van der Waals surface area contributed by atoms with Gasteiger partial charge in [-0.25, -0.2) is 4.98 Å². The molecule has 0 radical (unpaired) electrons. The molecule has 0 atom stereocenters. The summed E-state index contributed by atoms with van der Waals surface area (Å²) in [7, 11) is 1.58. The molecular formula is C15H19N3O3. The van der Waals surface area contributed by atoms with E-state index in [4.69, 9.17) is 4.74 Å². The van der Waals surface area contributed by atoms with E-state index in [0.717, 1.165) is 11.0 Å². The summed E-state index contributed by atoms with van der Waals surface area (Å²) < 4.78 is 6.47. The number of aromatic nitrogens is 2. The van der Waals surface area contributed by atoms with Crippen LogP contribution >= 0.6 is 0 Å². The number of hydrogen-bond donors (Lipinski definition) is 1. The highest BCUT2D eigenvalue weighted by Crippen LogP contribution is 2.10. The van der Waals surface area contributed by atoms with E-state index in [1.54, 1.807) is 18.6 Å². The third-order valence-corrected chi connectivity index (χ3v) is 3.21. The van der Waals surface area contributed by atoms with E-state index in [9.17, 15) is 9.59 Å². The molecule has 0 bridgehead atoms. The molecule has 0 saturated carbocycles. The highest BCUT2D eigenvalue weighted by Gasteiger charge is 2.09. The number of amides is 1. The first kappa shape index (κ1) is 15.2. The van der Waals surface area contributed by atoms with Gasteiger partial charge in [-0.1, -0.05) is 12.1 Å². The van der Waals surface area contributed by atoms with Crippen LogP contribution in [-0.2, 0) is 16.1 Å². The summed E-state index contributed by atoms with van der Waals surface area (Å²) in [4.78, 5) is 28.2. The minimum Gasteiger partial charge on any atom is -0.383 e. The summed E-state index contributed by atoms with van der Waals surface area (Å²) >= 11 is 0. The quantitative estimate of drug-likeness (QED) is 0.800. The largest absolute Gasteiger partial charge is 0.383 e. The lowest BCUT2D eigenvalue weighted by Crippen LogP contribution is -2.30. The monoisotopic (exact) mass is 289 g/mol. The van der Waals surface area contributed by atoms with Crippen molar-refractivity contribution < 1.29 is 9.53 Å². The van der Waals surface area contributed by atoms with Crippen molar-refractivity contribution in [3.05, 3.63) is 40.3 Å². The Morgan fingerprint density at radius 3 is 2.90 bits per heavy atom. The number of para-hydroxylation sites is 2. The Hall–Kier alpha value is -2.21. The zero-order chi connectivity index (χ0) is 15.2. The van der Waals surface area contributed by atoms with Crippen molar-refractivity contribution in [2.45, 2.75) is 19.9 Å². The van der Waals surface area contributed by atoms with Gasteiger partial charge in [-0.15, -0.1) is 0 Å². The lowest BCUT2D eigenvalue weighted by Gasteiger charge is -2.11. The van der Waals surface area contributed by atoms with E-state index in [-0.39, 0.29) is 17.9 Å². The second kappa shape index (κ2) is 6.99. The van der Waals surface area contributed by atoms with E-state index in [1.165, 1.54) is 0 Å². The Labute approximate surface area is 122 Å². The predicted octanol–water partition coefficient (Wildman–Crippen LogP) is 0.858. The Kier molecular flexibility index (Phi) is 5.05. The molecule has 0 unspecified atom stereocenters. The number of rotatable bonds is 6. The maximum Gasteiger partial charge on any atom is 0.272 e. The number of carbonyl (C=O) groups is 1. The fourth-order valence-electron chi connectivity index (χ4n) is 2.14. The number of fused-ring (bicyclic) bond motifs is 1. The molecule has 0 saturated heterocycles. The van der Waals surface area contributed by atoms with Gasteiger partial charge in [-0.05, 0) is 19.1 Å². The topological polar surface area (TPSA) is 73.2 Å². The maximum atomic E-state index is 12.2. The van der Waals surface area contributed by atoms with Crippen molar-refractivity contribution in [1.29, 1.82) is 0 Å². The molecule has 0 fully saturated rings. The number of nitrogens with one attached hydrogen (secondary N) is 1. The summed E-state index contributed by atoms with van der Waals surface area (Å²) in [6.07, 6.45) is 0.247. The number of methoxy groups -OCH3 is 1. The van der Waals surface area contributed by atoms with Crippen LogP contribution in [0.3, 0.4) is 0 Å². The van der Waals surface area contributed by atoms with Gasteiger partial charge in [0.1, 0.15) is 5.69 Å². The molecule has 2 aromatic rings. The van der Waals surface area contributed by atoms with E-state index < -0.39 is 0 Å². The van der Waals surface area contributed by atoms with Crippen LogP contribution in [0.2, 0.25) is 0 Å². The summed E-state index contributed by atoms with van der Waals surface area (Å²) in [6.45, 7) is 2.97. The second-order valence-electron chi connectivity index (χ2n) is 4.74. The average molecular weight is 289 g/mol. The number of carbonyl (C=O) groups excluding carboxylic acids is 1. The molecular weight excluding hydrogens is 270 g/mol. The van der Waals surface area contributed by atoms with Gasteiger partial charge in [0.15, 0.2) is 0 Å². The van der Waals surface area contributed by atoms with Crippen LogP contribution in [0.15, 0.2) is 29.1 Å². The van der Waals surface area contributed by atoms with Crippen molar-refractivity contribution in [2.75, 3.05) is 20.3 Å². The Morgan fingerprint density at radius 2 is 2.14 bits per heavy atom. The van der Waals surface area contributed by atoms with Crippen molar-refractivity contribution in [3.8, 4) is 0 Å². The van der Waals surface area contributed by atoms with Crippen LogP contribution in [-0.4, -0.2) is 35.7 Å². The van der Waals surface area contributed by atoms with Crippen molar-refractivity contribution in [3.63, 3.8) is 0 Å². The van der Waals surface area contributed by atoms with Gasteiger partial charge in [-0.3, -0.25) is 9.59 Å². The van der Waals surface area contributed by atoms with Crippen molar-refractivity contribution in [2.24, 2.45) is 0 Å². The second-order valence-corrected chi connectivity index (χ2v) is 4.74. The molecule has 0 aliphatic rings. The van der Waals surface area contributed by atoms with Crippen LogP contribution < -0.4 is 10.9 Å². The Bertz CT molecular complexity index is 694. The normalized spacial score (nSPS) is 10.8. The molecule has 112 valence electrons. The average Bonchev–Trinajstić information content (AvgIpc) is 2.48. The third kappa shape index (κ3) is 3.66.